The molecule has 140 valence electrons. The van der Waals surface area contributed by atoms with Crippen LogP contribution in [0.1, 0.15) is 32.1 Å². The van der Waals surface area contributed by atoms with Gasteiger partial charge in [-0.2, -0.15) is 0 Å². The second-order valence-corrected chi connectivity index (χ2v) is 7.09. The molecule has 26 heavy (non-hydrogen) atoms. The van der Waals surface area contributed by atoms with Crippen molar-refractivity contribution in [1.29, 1.82) is 0 Å². The third-order valence-corrected chi connectivity index (χ3v) is 5.22. The van der Waals surface area contributed by atoms with Crippen LogP contribution in [0.2, 0.25) is 0 Å². The first-order chi connectivity index (χ1) is 12.5. The molecule has 3 rings (SSSR count). The molecule has 1 atom stereocenters. The molecule has 0 aromatic heterocycles. The summed E-state index contributed by atoms with van der Waals surface area (Å²) < 4.78 is 5.60. The second kappa shape index (κ2) is 7.76. The Hall–Kier alpha value is -2.57. The zero-order valence-electron chi connectivity index (χ0n) is 14.6. The van der Waals surface area contributed by atoms with Gasteiger partial charge in [-0.05, 0) is 25.0 Å². The number of carbonyl (C=O) groups excluding carboxylic acids is 2. The molecule has 1 heterocycles. The lowest BCUT2D eigenvalue weighted by molar-refractivity contribution is -0.157. The number of nitrogens with zero attached hydrogens (tertiary/aromatic N) is 1. The van der Waals surface area contributed by atoms with Gasteiger partial charge in [0.2, 0.25) is 11.8 Å². The topological polar surface area (TPSA) is 95.9 Å². The summed E-state index contributed by atoms with van der Waals surface area (Å²) in [5, 5.41) is 12.1. The van der Waals surface area contributed by atoms with Gasteiger partial charge in [0.05, 0.1) is 18.0 Å². The molecule has 7 heteroatoms. The lowest BCUT2D eigenvalue weighted by Crippen LogP contribution is -2.45. The molecule has 1 unspecified atom stereocenters. The van der Waals surface area contributed by atoms with Crippen molar-refractivity contribution in [1.82, 2.24) is 10.2 Å². The predicted molar refractivity (Wildman–Crippen MR) is 93.6 cm³/mol. The maximum Gasteiger partial charge on any atom is 0.310 e. The van der Waals surface area contributed by atoms with E-state index in [0.717, 1.165) is 12.2 Å². The molecule has 1 aromatic carbocycles. The van der Waals surface area contributed by atoms with Crippen molar-refractivity contribution in [2.75, 3.05) is 19.7 Å². The number of nitrogens with one attached hydrogen (secondary N) is 1. The van der Waals surface area contributed by atoms with E-state index in [1.54, 1.807) is 4.90 Å². The molecule has 2 fully saturated rings. The summed E-state index contributed by atoms with van der Waals surface area (Å²) in [4.78, 5) is 37.3. The number of ether oxygens (including phenoxy) is 1. The van der Waals surface area contributed by atoms with E-state index in [4.69, 9.17) is 4.74 Å². The molecule has 0 radical (unpaired) electrons. The number of hydrogen-bond donors (Lipinski definition) is 2. The Morgan fingerprint density at radius 1 is 1.27 bits per heavy atom. The van der Waals surface area contributed by atoms with Gasteiger partial charge in [0.15, 0.2) is 0 Å². The first-order valence-corrected chi connectivity index (χ1v) is 8.97. The highest BCUT2D eigenvalue weighted by atomic mass is 16.5. The number of para-hydroxylation sites is 1. The Bertz CT molecular complexity index is 672. The summed E-state index contributed by atoms with van der Waals surface area (Å²) >= 11 is 0. The number of amides is 2. The van der Waals surface area contributed by atoms with E-state index < -0.39 is 11.4 Å². The third kappa shape index (κ3) is 4.15. The van der Waals surface area contributed by atoms with Crippen molar-refractivity contribution in [3.63, 3.8) is 0 Å². The monoisotopic (exact) mass is 360 g/mol. The fourth-order valence-corrected chi connectivity index (χ4v) is 3.53. The van der Waals surface area contributed by atoms with Crippen LogP contribution in [0.5, 0.6) is 5.75 Å². The minimum atomic E-state index is -0.907. The number of benzene rings is 1. The number of likely N-dealkylation sites (tertiary alicyclic amines) is 1. The highest BCUT2D eigenvalue weighted by Gasteiger charge is 2.46. The van der Waals surface area contributed by atoms with Gasteiger partial charge in [0.25, 0.3) is 0 Å². The van der Waals surface area contributed by atoms with Crippen molar-refractivity contribution in [2.24, 2.45) is 5.41 Å². The van der Waals surface area contributed by atoms with Gasteiger partial charge < -0.3 is 20.1 Å². The molecule has 2 aliphatic rings. The second-order valence-electron chi connectivity index (χ2n) is 7.09. The van der Waals surface area contributed by atoms with Crippen LogP contribution in [0, 0.1) is 5.41 Å². The van der Waals surface area contributed by atoms with E-state index in [-0.39, 0.29) is 30.7 Å². The van der Waals surface area contributed by atoms with Crippen molar-refractivity contribution in [3.05, 3.63) is 30.3 Å². The Morgan fingerprint density at radius 2 is 2.00 bits per heavy atom. The largest absolute Gasteiger partial charge is 0.492 e. The fraction of sp³-hybridized carbons (Fsp3) is 0.526. The molecule has 2 N–H and O–H groups in total. The predicted octanol–water partition coefficient (Wildman–Crippen LogP) is 1.43. The molecule has 1 aromatic rings. The van der Waals surface area contributed by atoms with Gasteiger partial charge in [-0.25, -0.2) is 0 Å². The molecule has 2 amide bonds. The Balaban J connectivity index is 1.42. The van der Waals surface area contributed by atoms with Crippen LogP contribution in [0.3, 0.4) is 0 Å². The highest BCUT2D eigenvalue weighted by Crippen LogP contribution is 2.44. The Labute approximate surface area is 152 Å². The summed E-state index contributed by atoms with van der Waals surface area (Å²) in [5.74, 6) is -0.458. The zero-order chi connectivity index (χ0) is 18.6. The van der Waals surface area contributed by atoms with E-state index in [9.17, 15) is 19.5 Å². The molecule has 1 aliphatic carbocycles. The van der Waals surface area contributed by atoms with Crippen molar-refractivity contribution in [2.45, 2.75) is 38.1 Å². The number of aliphatic carboxylic acids is 1. The Morgan fingerprint density at radius 3 is 2.62 bits per heavy atom. The molecular formula is C19H24N2O5. The molecule has 1 saturated heterocycles. The standard InChI is InChI=1S/C19H24N2O5/c22-16(12-19(18(24)25)7-4-8-19)20-14-11-17(23)21(13-14)9-10-26-15-5-2-1-3-6-15/h1-3,5-6,14H,4,7-13H2,(H,20,22)(H,24,25). The van der Waals surface area contributed by atoms with Crippen molar-refractivity contribution >= 4 is 17.8 Å². The van der Waals surface area contributed by atoms with Crippen LogP contribution in [-0.4, -0.2) is 53.5 Å². The van der Waals surface area contributed by atoms with Gasteiger partial charge in [-0.3, -0.25) is 14.4 Å². The highest BCUT2D eigenvalue weighted by molar-refractivity contribution is 5.87. The van der Waals surface area contributed by atoms with Gasteiger partial charge in [0.1, 0.15) is 12.4 Å². The van der Waals surface area contributed by atoms with E-state index >= 15 is 0 Å². The number of carboxylic acid groups (broad SMARTS) is 1. The molecular weight excluding hydrogens is 336 g/mol. The van der Waals surface area contributed by atoms with Crippen LogP contribution in [0.15, 0.2) is 30.3 Å². The molecule has 7 nitrogen and oxygen atoms in total. The van der Waals surface area contributed by atoms with Crippen LogP contribution in [0.4, 0.5) is 0 Å². The lowest BCUT2D eigenvalue weighted by Gasteiger charge is -2.37. The molecule has 0 bridgehead atoms. The smallest absolute Gasteiger partial charge is 0.310 e. The van der Waals surface area contributed by atoms with Crippen LogP contribution in [-0.2, 0) is 14.4 Å². The minimum absolute atomic E-state index is 0.00978. The minimum Gasteiger partial charge on any atom is -0.492 e. The van der Waals surface area contributed by atoms with Gasteiger partial charge >= 0.3 is 5.97 Å². The summed E-state index contributed by atoms with van der Waals surface area (Å²) in [5.41, 5.74) is -0.907. The maximum atomic E-state index is 12.2. The SMILES string of the molecule is O=C(CC1(C(=O)O)CCC1)NC1CC(=O)N(CCOc2ccccc2)C1. The van der Waals surface area contributed by atoms with Gasteiger partial charge in [-0.15, -0.1) is 0 Å². The summed E-state index contributed by atoms with van der Waals surface area (Å²) in [6.45, 7) is 1.28. The van der Waals surface area contributed by atoms with Gasteiger partial charge in [0, 0.05) is 19.4 Å². The average Bonchev–Trinajstić information content (AvgIpc) is 2.91. The first-order valence-electron chi connectivity index (χ1n) is 8.97. The van der Waals surface area contributed by atoms with Crippen molar-refractivity contribution < 1.29 is 24.2 Å². The van der Waals surface area contributed by atoms with E-state index in [2.05, 4.69) is 5.32 Å². The van der Waals surface area contributed by atoms with E-state index in [1.165, 1.54) is 0 Å². The van der Waals surface area contributed by atoms with Crippen LogP contribution in [0.25, 0.3) is 0 Å². The van der Waals surface area contributed by atoms with Gasteiger partial charge in [-0.1, -0.05) is 24.6 Å². The normalized spacial score (nSPS) is 21.2. The number of rotatable bonds is 8. The maximum absolute atomic E-state index is 12.2. The molecule has 1 aliphatic heterocycles. The Kier molecular flexibility index (Phi) is 5.44. The third-order valence-electron chi connectivity index (χ3n) is 5.22. The fourth-order valence-electron chi connectivity index (χ4n) is 3.53. The summed E-state index contributed by atoms with van der Waals surface area (Å²) in [7, 11) is 0. The average molecular weight is 360 g/mol. The van der Waals surface area contributed by atoms with Crippen LogP contribution >= 0.6 is 0 Å². The quantitative estimate of drug-likeness (QED) is 0.731. The summed E-state index contributed by atoms with van der Waals surface area (Å²) in [6, 6.07) is 9.11. The number of hydrogen-bond acceptors (Lipinski definition) is 4. The number of carboxylic acids is 1. The van der Waals surface area contributed by atoms with E-state index in [0.29, 0.717) is 32.5 Å². The first kappa shape index (κ1) is 18.2. The summed E-state index contributed by atoms with van der Waals surface area (Å²) in [6.07, 6.45) is 2.17. The zero-order valence-corrected chi connectivity index (χ0v) is 14.6. The van der Waals surface area contributed by atoms with Crippen molar-refractivity contribution in [3.8, 4) is 5.75 Å². The molecule has 1 saturated carbocycles. The lowest BCUT2D eigenvalue weighted by atomic mass is 9.66. The molecule has 0 spiro atoms. The van der Waals surface area contributed by atoms with E-state index in [1.807, 2.05) is 30.3 Å². The number of carbonyl (C=O) groups is 3. The van der Waals surface area contributed by atoms with Crippen LogP contribution < -0.4 is 10.1 Å².